The Morgan fingerprint density at radius 3 is 2.29 bits per heavy atom. The number of aliphatic hydroxyl groups is 1. The monoisotopic (exact) mass is 261 g/mol. The summed E-state index contributed by atoms with van der Waals surface area (Å²) < 4.78 is 4.94. The van der Waals surface area contributed by atoms with Crippen LogP contribution in [0, 0.1) is 5.41 Å². The SMILES string of the molecule is CCN(CC)C(=S)CC(C)(C)C(=O)OCCO. The average molecular weight is 261 g/mol. The smallest absolute Gasteiger partial charge is 0.312 e. The maximum atomic E-state index is 11.7. The summed E-state index contributed by atoms with van der Waals surface area (Å²) in [7, 11) is 0. The van der Waals surface area contributed by atoms with Crippen LogP contribution in [-0.4, -0.2) is 47.3 Å². The summed E-state index contributed by atoms with van der Waals surface area (Å²) in [6.45, 7) is 9.27. The third-order valence-electron chi connectivity index (χ3n) is 2.59. The Labute approximate surface area is 109 Å². The summed E-state index contributed by atoms with van der Waals surface area (Å²) in [6, 6.07) is 0. The van der Waals surface area contributed by atoms with Crippen LogP contribution < -0.4 is 0 Å². The molecule has 0 atom stereocenters. The number of nitrogens with zero attached hydrogens (tertiary/aromatic N) is 1. The van der Waals surface area contributed by atoms with Crippen LogP contribution in [-0.2, 0) is 9.53 Å². The van der Waals surface area contributed by atoms with Crippen molar-refractivity contribution in [1.82, 2.24) is 4.90 Å². The molecule has 0 aliphatic carbocycles. The Morgan fingerprint density at radius 1 is 1.35 bits per heavy atom. The van der Waals surface area contributed by atoms with Crippen LogP contribution in [0.15, 0.2) is 0 Å². The topological polar surface area (TPSA) is 49.8 Å². The summed E-state index contributed by atoms with van der Waals surface area (Å²) in [6.07, 6.45) is 0.494. The van der Waals surface area contributed by atoms with Crippen LogP contribution in [0.5, 0.6) is 0 Å². The molecule has 0 aromatic rings. The molecule has 0 radical (unpaired) electrons. The van der Waals surface area contributed by atoms with Gasteiger partial charge in [0.25, 0.3) is 0 Å². The van der Waals surface area contributed by atoms with Gasteiger partial charge in [-0.15, -0.1) is 0 Å². The summed E-state index contributed by atoms with van der Waals surface area (Å²) in [5.74, 6) is -0.318. The molecule has 0 aliphatic heterocycles. The average Bonchev–Trinajstić information content (AvgIpc) is 2.26. The van der Waals surface area contributed by atoms with Gasteiger partial charge in [-0.25, -0.2) is 0 Å². The lowest BCUT2D eigenvalue weighted by Crippen LogP contribution is -2.36. The quantitative estimate of drug-likeness (QED) is 0.557. The molecule has 17 heavy (non-hydrogen) atoms. The lowest BCUT2D eigenvalue weighted by atomic mass is 9.89. The molecule has 0 amide bonds. The van der Waals surface area contributed by atoms with Crippen molar-refractivity contribution in [1.29, 1.82) is 0 Å². The van der Waals surface area contributed by atoms with Gasteiger partial charge in [0.1, 0.15) is 6.61 Å². The number of hydrogen-bond donors (Lipinski definition) is 1. The van der Waals surface area contributed by atoms with Crippen molar-refractivity contribution in [2.75, 3.05) is 26.3 Å². The lowest BCUT2D eigenvalue weighted by Gasteiger charge is -2.28. The third kappa shape index (κ3) is 5.46. The van der Waals surface area contributed by atoms with Crippen molar-refractivity contribution in [3.8, 4) is 0 Å². The Balaban J connectivity index is 4.42. The van der Waals surface area contributed by atoms with Crippen LogP contribution in [0.25, 0.3) is 0 Å². The van der Waals surface area contributed by atoms with E-state index in [4.69, 9.17) is 22.1 Å². The molecule has 0 bridgehead atoms. The van der Waals surface area contributed by atoms with Crippen LogP contribution in [0.3, 0.4) is 0 Å². The lowest BCUT2D eigenvalue weighted by molar-refractivity contribution is -0.154. The summed E-state index contributed by atoms with van der Waals surface area (Å²) in [5.41, 5.74) is -0.644. The molecule has 0 aromatic carbocycles. The number of aliphatic hydroxyl groups excluding tert-OH is 1. The first-order chi connectivity index (χ1) is 7.88. The second-order valence-corrected chi connectivity index (χ2v) is 4.96. The number of ether oxygens (including phenoxy) is 1. The zero-order valence-electron chi connectivity index (χ0n) is 11.2. The van der Waals surface area contributed by atoms with E-state index in [0.29, 0.717) is 6.42 Å². The minimum Gasteiger partial charge on any atom is -0.463 e. The molecule has 5 heteroatoms. The minimum atomic E-state index is -0.644. The molecule has 0 rings (SSSR count). The highest BCUT2D eigenvalue weighted by atomic mass is 32.1. The third-order valence-corrected chi connectivity index (χ3v) is 2.99. The van der Waals surface area contributed by atoms with Gasteiger partial charge in [0.05, 0.1) is 17.0 Å². The molecule has 4 nitrogen and oxygen atoms in total. The number of rotatable bonds is 7. The van der Waals surface area contributed by atoms with Crippen molar-refractivity contribution < 1.29 is 14.6 Å². The van der Waals surface area contributed by atoms with Crippen molar-refractivity contribution in [3.63, 3.8) is 0 Å². The van der Waals surface area contributed by atoms with Crippen molar-refractivity contribution in [3.05, 3.63) is 0 Å². The van der Waals surface area contributed by atoms with Gasteiger partial charge in [0.15, 0.2) is 0 Å². The standard InChI is InChI=1S/C12H23NO3S/c1-5-13(6-2)10(17)9-12(3,4)11(15)16-8-7-14/h14H,5-9H2,1-4H3. The van der Waals surface area contributed by atoms with Gasteiger partial charge in [-0.05, 0) is 27.7 Å². The molecule has 0 aliphatic rings. The van der Waals surface area contributed by atoms with E-state index in [1.807, 2.05) is 27.7 Å². The predicted molar refractivity (Wildman–Crippen MR) is 72.0 cm³/mol. The van der Waals surface area contributed by atoms with Gasteiger partial charge in [-0.2, -0.15) is 0 Å². The fourth-order valence-electron chi connectivity index (χ4n) is 1.47. The Morgan fingerprint density at radius 2 is 1.88 bits per heavy atom. The summed E-state index contributed by atoms with van der Waals surface area (Å²) in [5, 5.41) is 8.62. The molecule has 0 fully saturated rings. The molecule has 0 spiro atoms. The van der Waals surface area contributed by atoms with E-state index in [1.165, 1.54) is 0 Å². The fourth-order valence-corrected chi connectivity index (χ4v) is 2.09. The van der Waals surface area contributed by atoms with E-state index in [-0.39, 0.29) is 19.2 Å². The Hall–Kier alpha value is -0.680. The number of esters is 1. The maximum absolute atomic E-state index is 11.7. The summed E-state index contributed by atoms with van der Waals surface area (Å²) in [4.78, 5) is 14.6. The molecule has 0 saturated heterocycles. The maximum Gasteiger partial charge on any atom is 0.312 e. The second-order valence-electron chi connectivity index (χ2n) is 4.49. The molecule has 1 N–H and O–H groups in total. The van der Waals surface area contributed by atoms with E-state index in [9.17, 15) is 4.79 Å². The normalized spacial score (nSPS) is 11.1. The molecule has 100 valence electrons. The minimum absolute atomic E-state index is 0.0420. The first-order valence-electron chi connectivity index (χ1n) is 5.94. The van der Waals surface area contributed by atoms with Crippen molar-refractivity contribution in [2.24, 2.45) is 5.41 Å². The van der Waals surface area contributed by atoms with E-state index >= 15 is 0 Å². The number of carbonyl (C=O) groups is 1. The highest BCUT2D eigenvalue weighted by Gasteiger charge is 2.31. The number of thiocarbonyl (C=S) groups is 1. The number of carbonyl (C=O) groups excluding carboxylic acids is 1. The van der Waals surface area contributed by atoms with E-state index in [0.717, 1.165) is 18.1 Å². The zero-order valence-corrected chi connectivity index (χ0v) is 12.0. The van der Waals surface area contributed by atoms with E-state index < -0.39 is 5.41 Å². The second kappa shape index (κ2) is 7.61. The molecule has 0 heterocycles. The van der Waals surface area contributed by atoms with Crippen LogP contribution in [0.1, 0.15) is 34.1 Å². The van der Waals surface area contributed by atoms with E-state index in [2.05, 4.69) is 4.90 Å². The molecular formula is C12H23NO3S. The molecule has 0 aromatic heterocycles. The van der Waals surface area contributed by atoms with Crippen molar-refractivity contribution in [2.45, 2.75) is 34.1 Å². The van der Waals surface area contributed by atoms with Gasteiger partial charge in [0, 0.05) is 19.5 Å². The van der Waals surface area contributed by atoms with Gasteiger partial charge >= 0.3 is 5.97 Å². The molecule has 0 saturated carbocycles. The Bertz CT molecular complexity index is 262. The highest BCUT2D eigenvalue weighted by Crippen LogP contribution is 2.24. The first-order valence-corrected chi connectivity index (χ1v) is 6.35. The van der Waals surface area contributed by atoms with Crippen molar-refractivity contribution >= 4 is 23.2 Å². The Kier molecular flexibility index (Phi) is 7.30. The highest BCUT2D eigenvalue weighted by molar-refractivity contribution is 7.80. The van der Waals surface area contributed by atoms with Crippen LogP contribution in [0.4, 0.5) is 0 Å². The van der Waals surface area contributed by atoms with Crippen LogP contribution >= 0.6 is 12.2 Å². The predicted octanol–water partition coefficient (Wildman–Crippen LogP) is 1.61. The fraction of sp³-hybridized carbons (Fsp3) is 0.833. The van der Waals surface area contributed by atoms with Gasteiger partial charge in [-0.3, -0.25) is 4.79 Å². The van der Waals surface area contributed by atoms with Gasteiger partial charge < -0.3 is 14.7 Å². The van der Waals surface area contributed by atoms with Crippen LogP contribution in [0.2, 0.25) is 0 Å². The largest absolute Gasteiger partial charge is 0.463 e. The summed E-state index contributed by atoms with van der Waals surface area (Å²) >= 11 is 5.32. The number of hydrogen-bond acceptors (Lipinski definition) is 4. The van der Waals surface area contributed by atoms with Gasteiger partial charge in [0.2, 0.25) is 0 Å². The van der Waals surface area contributed by atoms with E-state index in [1.54, 1.807) is 0 Å². The zero-order chi connectivity index (χ0) is 13.5. The first kappa shape index (κ1) is 16.3. The molecule has 0 unspecified atom stereocenters. The molecular weight excluding hydrogens is 238 g/mol. The van der Waals surface area contributed by atoms with Gasteiger partial charge in [-0.1, -0.05) is 12.2 Å².